The van der Waals surface area contributed by atoms with Crippen molar-refractivity contribution in [3.63, 3.8) is 0 Å². The van der Waals surface area contributed by atoms with Crippen molar-refractivity contribution in [2.24, 2.45) is 0 Å². The van der Waals surface area contributed by atoms with E-state index < -0.39 is 0 Å². The van der Waals surface area contributed by atoms with Crippen molar-refractivity contribution in [1.82, 2.24) is 9.97 Å². The maximum atomic E-state index is 11.7. The van der Waals surface area contributed by atoms with Gasteiger partial charge in [-0.1, -0.05) is 32.0 Å². The molecule has 0 atom stereocenters. The highest BCUT2D eigenvalue weighted by molar-refractivity contribution is 5.52. The number of nitrogens with one attached hydrogen (secondary N) is 2. The molecule has 17 heavy (non-hydrogen) atoms. The fraction of sp³-hybridized carbons (Fsp3) is 0.231. The summed E-state index contributed by atoms with van der Waals surface area (Å²) in [6.45, 7) is 3.94. The topological polar surface area (TPSA) is 57.8 Å². The second kappa shape index (κ2) is 4.82. The number of benzene rings is 1. The van der Waals surface area contributed by atoms with Crippen LogP contribution in [-0.4, -0.2) is 9.97 Å². The Kier molecular flexibility index (Phi) is 3.23. The van der Waals surface area contributed by atoms with E-state index in [1.165, 1.54) is 0 Å². The molecule has 0 spiro atoms. The van der Waals surface area contributed by atoms with E-state index in [9.17, 15) is 4.79 Å². The Hall–Kier alpha value is -2.10. The smallest absolute Gasteiger partial charge is 0.255 e. The van der Waals surface area contributed by atoms with E-state index >= 15 is 0 Å². The van der Waals surface area contributed by atoms with Gasteiger partial charge in [0.05, 0.1) is 0 Å². The zero-order valence-corrected chi connectivity index (χ0v) is 9.90. The van der Waals surface area contributed by atoms with Crippen molar-refractivity contribution in [3.8, 4) is 0 Å². The maximum Gasteiger partial charge on any atom is 0.255 e. The molecule has 0 radical (unpaired) electrons. The minimum absolute atomic E-state index is 0.0894. The van der Waals surface area contributed by atoms with Crippen LogP contribution in [0.15, 0.2) is 41.3 Å². The van der Waals surface area contributed by atoms with Crippen molar-refractivity contribution in [3.05, 3.63) is 52.4 Å². The van der Waals surface area contributed by atoms with Gasteiger partial charge < -0.3 is 5.32 Å². The summed E-state index contributed by atoms with van der Waals surface area (Å²) in [7, 11) is 0. The first-order chi connectivity index (χ1) is 8.16. The van der Waals surface area contributed by atoms with E-state index in [1.54, 1.807) is 6.20 Å². The monoisotopic (exact) mass is 229 g/mol. The molecule has 1 aromatic heterocycles. The number of aromatic nitrogens is 2. The molecule has 0 aliphatic carbocycles. The summed E-state index contributed by atoms with van der Waals surface area (Å²) in [5.74, 6) is 0.641. The number of hydrogen-bond acceptors (Lipinski definition) is 3. The largest absolute Gasteiger partial charge is 0.326 e. The third kappa shape index (κ3) is 2.72. The number of nitrogens with zero attached hydrogens (tertiary/aromatic N) is 1. The highest BCUT2D eigenvalue weighted by Gasteiger charge is 2.06. The highest BCUT2D eigenvalue weighted by atomic mass is 16.1. The predicted molar refractivity (Wildman–Crippen MR) is 68.7 cm³/mol. The first kappa shape index (κ1) is 11.4. The average molecular weight is 229 g/mol. The summed E-state index contributed by atoms with van der Waals surface area (Å²) < 4.78 is 0. The van der Waals surface area contributed by atoms with Gasteiger partial charge in [0.25, 0.3) is 5.56 Å². The van der Waals surface area contributed by atoms with Gasteiger partial charge in [-0.05, 0) is 18.1 Å². The zero-order chi connectivity index (χ0) is 12.3. The van der Waals surface area contributed by atoms with Crippen LogP contribution in [0.25, 0.3) is 0 Å². The Bertz CT molecular complexity index is 546. The Morgan fingerprint density at radius 3 is 2.53 bits per heavy atom. The van der Waals surface area contributed by atoms with Crippen LogP contribution in [-0.2, 0) is 0 Å². The van der Waals surface area contributed by atoms with E-state index in [-0.39, 0.29) is 11.5 Å². The van der Waals surface area contributed by atoms with Gasteiger partial charge in [-0.25, -0.2) is 4.98 Å². The fourth-order valence-corrected chi connectivity index (χ4v) is 1.54. The maximum absolute atomic E-state index is 11.7. The minimum Gasteiger partial charge on any atom is -0.326 e. The molecule has 1 heterocycles. The van der Waals surface area contributed by atoms with Gasteiger partial charge in [0.1, 0.15) is 0 Å². The van der Waals surface area contributed by atoms with E-state index in [0.717, 1.165) is 5.69 Å². The molecule has 0 aliphatic heterocycles. The van der Waals surface area contributed by atoms with Gasteiger partial charge in [0, 0.05) is 17.4 Å². The Labute approximate surface area is 99.7 Å². The Morgan fingerprint density at radius 1 is 1.24 bits per heavy atom. The molecule has 0 amide bonds. The fourth-order valence-electron chi connectivity index (χ4n) is 1.54. The number of H-pyrrole nitrogens is 1. The third-order valence-corrected chi connectivity index (χ3v) is 2.49. The van der Waals surface area contributed by atoms with Crippen molar-refractivity contribution in [2.45, 2.75) is 19.8 Å². The summed E-state index contributed by atoms with van der Waals surface area (Å²) in [6, 6.07) is 9.60. The molecular weight excluding hydrogens is 214 g/mol. The normalized spacial score (nSPS) is 10.5. The molecule has 4 nitrogen and oxygen atoms in total. The second-order valence-electron chi connectivity index (χ2n) is 4.16. The third-order valence-electron chi connectivity index (χ3n) is 2.49. The predicted octanol–water partition coefficient (Wildman–Crippen LogP) is 2.64. The molecule has 88 valence electrons. The minimum atomic E-state index is -0.0894. The van der Waals surface area contributed by atoms with Crippen molar-refractivity contribution in [2.75, 3.05) is 5.32 Å². The molecule has 0 fully saturated rings. The molecular formula is C13H15N3O. The van der Waals surface area contributed by atoms with Crippen LogP contribution in [0.1, 0.15) is 25.3 Å². The molecule has 0 saturated carbocycles. The lowest BCUT2D eigenvalue weighted by Crippen LogP contribution is -2.16. The molecule has 2 rings (SSSR count). The van der Waals surface area contributed by atoms with Gasteiger partial charge >= 0.3 is 0 Å². The van der Waals surface area contributed by atoms with Crippen molar-refractivity contribution >= 4 is 11.6 Å². The average Bonchev–Trinajstić information content (AvgIpc) is 2.30. The molecule has 1 aromatic carbocycles. The van der Waals surface area contributed by atoms with Gasteiger partial charge in [0.15, 0.2) is 0 Å². The van der Waals surface area contributed by atoms with Gasteiger partial charge in [-0.15, -0.1) is 0 Å². The van der Waals surface area contributed by atoms with Crippen LogP contribution in [0.4, 0.5) is 11.6 Å². The molecule has 4 heteroatoms. The van der Waals surface area contributed by atoms with E-state index in [2.05, 4.69) is 15.3 Å². The molecule has 0 saturated heterocycles. The number of aromatic amines is 1. The van der Waals surface area contributed by atoms with E-state index in [4.69, 9.17) is 0 Å². The summed E-state index contributed by atoms with van der Waals surface area (Å²) in [6.07, 6.45) is 1.62. The standard InChI is InChI=1S/C13H15N3O/c1-9(2)11-8-14-13(16-12(11)17)15-10-6-4-3-5-7-10/h3-9H,1-2H3,(H2,14,15,16,17). The highest BCUT2D eigenvalue weighted by Crippen LogP contribution is 2.12. The second-order valence-corrected chi connectivity index (χ2v) is 4.16. The van der Waals surface area contributed by atoms with Crippen LogP contribution in [0, 0.1) is 0 Å². The van der Waals surface area contributed by atoms with E-state index in [1.807, 2.05) is 44.2 Å². The number of rotatable bonds is 3. The summed E-state index contributed by atoms with van der Waals surface area (Å²) >= 11 is 0. The quantitative estimate of drug-likeness (QED) is 0.850. The van der Waals surface area contributed by atoms with Crippen LogP contribution in [0.5, 0.6) is 0 Å². The van der Waals surface area contributed by atoms with Gasteiger partial charge in [-0.2, -0.15) is 0 Å². The zero-order valence-electron chi connectivity index (χ0n) is 9.90. The lowest BCUT2D eigenvalue weighted by Gasteiger charge is -2.07. The summed E-state index contributed by atoms with van der Waals surface area (Å²) in [4.78, 5) is 18.7. The first-order valence-electron chi connectivity index (χ1n) is 5.58. The molecule has 2 N–H and O–H groups in total. The van der Waals surface area contributed by atoms with Gasteiger partial charge in [0.2, 0.25) is 5.95 Å². The Balaban J connectivity index is 2.24. The number of hydrogen-bond donors (Lipinski definition) is 2. The van der Waals surface area contributed by atoms with E-state index in [0.29, 0.717) is 11.5 Å². The molecule has 0 unspecified atom stereocenters. The Morgan fingerprint density at radius 2 is 1.94 bits per heavy atom. The summed E-state index contributed by atoms with van der Waals surface area (Å²) in [5.41, 5.74) is 1.50. The van der Waals surface area contributed by atoms with Crippen LogP contribution < -0.4 is 10.9 Å². The first-order valence-corrected chi connectivity index (χ1v) is 5.58. The van der Waals surface area contributed by atoms with Crippen molar-refractivity contribution < 1.29 is 0 Å². The van der Waals surface area contributed by atoms with Crippen LogP contribution in [0.2, 0.25) is 0 Å². The number of anilines is 2. The lowest BCUT2D eigenvalue weighted by molar-refractivity contribution is 0.832. The number of para-hydroxylation sites is 1. The molecule has 0 aliphatic rings. The molecule has 2 aromatic rings. The SMILES string of the molecule is CC(C)c1cnc(Nc2ccccc2)[nH]c1=O. The van der Waals surface area contributed by atoms with Gasteiger partial charge in [-0.3, -0.25) is 9.78 Å². The van der Waals surface area contributed by atoms with Crippen LogP contribution >= 0.6 is 0 Å². The van der Waals surface area contributed by atoms with Crippen LogP contribution in [0.3, 0.4) is 0 Å². The molecule has 0 bridgehead atoms. The van der Waals surface area contributed by atoms with Crippen molar-refractivity contribution in [1.29, 1.82) is 0 Å². The lowest BCUT2D eigenvalue weighted by atomic mass is 10.1. The summed E-state index contributed by atoms with van der Waals surface area (Å²) in [5, 5.41) is 3.04.